The van der Waals surface area contributed by atoms with Gasteiger partial charge in [0.15, 0.2) is 6.19 Å². The van der Waals surface area contributed by atoms with E-state index in [1.54, 1.807) is 4.90 Å². The molecule has 0 spiro atoms. The number of nitrogens with zero attached hydrogens (tertiary/aromatic N) is 3. The van der Waals surface area contributed by atoms with Gasteiger partial charge in [-0.1, -0.05) is 41.9 Å². The van der Waals surface area contributed by atoms with E-state index >= 15 is 0 Å². The maximum absolute atomic E-state index is 13.1. The Morgan fingerprint density at radius 2 is 2.03 bits per heavy atom. The summed E-state index contributed by atoms with van der Waals surface area (Å²) in [6.07, 6.45) is 2.22. The summed E-state index contributed by atoms with van der Waals surface area (Å²) in [4.78, 5) is 16.9. The maximum atomic E-state index is 13.1. The van der Waals surface area contributed by atoms with Gasteiger partial charge in [0.1, 0.15) is 0 Å². The van der Waals surface area contributed by atoms with Crippen LogP contribution in [0.5, 0.6) is 0 Å². The fraction of sp³-hybridized carbons (Fsp3) is 0.391. The Bertz CT molecular complexity index is 989. The predicted octanol–water partition coefficient (Wildman–Crippen LogP) is 3.76. The second-order valence-corrected chi connectivity index (χ2v) is 8.69. The maximum Gasteiger partial charge on any atom is 0.273 e. The minimum atomic E-state index is -1.42. The molecule has 2 aliphatic heterocycles. The van der Waals surface area contributed by atoms with Gasteiger partial charge in [0.05, 0.1) is 26.2 Å². The molecule has 2 heterocycles. The van der Waals surface area contributed by atoms with E-state index < -0.39 is 5.06 Å². The van der Waals surface area contributed by atoms with Gasteiger partial charge in [-0.2, -0.15) is 5.26 Å². The molecular formula is C23H25ClN4O2. The smallest absolute Gasteiger partial charge is 0.273 e. The van der Waals surface area contributed by atoms with Gasteiger partial charge in [0, 0.05) is 18.3 Å². The van der Waals surface area contributed by atoms with E-state index in [0.29, 0.717) is 31.9 Å². The van der Waals surface area contributed by atoms with Gasteiger partial charge >= 0.3 is 0 Å². The van der Waals surface area contributed by atoms with Crippen molar-refractivity contribution < 1.29 is 9.53 Å². The number of morpholine rings is 1. The molecule has 2 aromatic carbocycles. The molecule has 30 heavy (non-hydrogen) atoms. The van der Waals surface area contributed by atoms with E-state index in [4.69, 9.17) is 16.3 Å². The molecule has 1 N–H and O–H groups in total. The number of halogens is 1. The first kappa shape index (κ1) is 20.7. The highest BCUT2D eigenvalue weighted by Gasteiger charge is 2.42. The van der Waals surface area contributed by atoms with Crippen LogP contribution in [0.1, 0.15) is 25.0 Å². The highest BCUT2D eigenvalue weighted by molar-refractivity contribution is 6.35. The zero-order valence-corrected chi connectivity index (χ0v) is 17.9. The third-order valence-electron chi connectivity index (χ3n) is 5.72. The summed E-state index contributed by atoms with van der Waals surface area (Å²) in [5.41, 5.74) is 4.86. The first-order valence-corrected chi connectivity index (χ1v) is 10.5. The minimum Gasteiger partial charge on any atom is -0.349 e. The first-order chi connectivity index (χ1) is 14.4. The summed E-state index contributed by atoms with van der Waals surface area (Å²) in [5, 5.41) is 10.9. The van der Waals surface area contributed by atoms with Gasteiger partial charge in [-0.3, -0.25) is 9.69 Å². The minimum absolute atomic E-state index is 0.279. The Labute approximate surface area is 182 Å². The Balaban J connectivity index is 1.64. The quantitative estimate of drug-likeness (QED) is 0.597. The Morgan fingerprint density at radius 1 is 1.27 bits per heavy atom. The van der Waals surface area contributed by atoms with Crippen LogP contribution in [0, 0.1) is 11.5 Å². The number of hydrogen-bond acceptors (Lipinski definition) is 5. The van der Waals surface area contributed by atoms with Crippen molar-refractivity contribution in [2.75, 3.05) is 25.0 Å². The standard InChI is InChI=1S/C23H25ClN4O2/c1-16(2)28-8-9-30-23(24,14-28)22(29)26-19-10-18-12-27(15-25)13-21(18)20(11-19)17-6-4-3-5-7-17/h3-7,10-11,16H,8-9,12-14H2,1-2H3,(H,26,29). The van der Waals surface area contributed by atoms with Crippen LogP contribution in [0.3, 0.4) is 0 Å². The molecule has 0 saturated carbocycles. The molecule has 1 atom stereocenters. The third-order valence-corrected chi connectivity index (χ3v) is 6.12. The number of carbonyl (C=O) groups is 1. The number of amides is 1. The molecule has 1 unspecified atom stereocenters. The van der Waals surface area contributed by atoms with Crippen molar-refractivity contribution in [3.63, 3.8) is 0 Å². The molecular weight excluding hydrogens is 400 g/mol. The molecule has 1 saturated heterocycles. The number of rotatable bonds is 4. The van der Waals surface area contributed by atoms with Crippen LogP contribution < -0.4 is 5.32 Å². The van der Waals surface area contributed by atoms with Crippen LogP contribution >= 0.6 is 11.6 Å². The van der Waals surface area contributed by atoms with E-state index in [9.17, 15) is 10.1 Å². The van der Waals surface area contributed by atoms with Gasteiger partial charge in [-0.15, -0.1) is 0 Å². The summed E-state index contributed by atoms with van der Waals surface area (Å²) in [6.45, 7) is 6.74. The van der Waals surface area contributed by atoms with Crippen LogP contribution in [0.15, 0.2) is 42.5 Å². The van der Waals surface area contributed by atoms with Crippen LogP contribution in [0.2, 0.25) is 0 Å². The largest absolute Gasteiger partial charge is 0.349 e. The highest BCUT2D eigenvalue weighted by atomic mass is 35.5. The van der Waals surface area contributed by atoms with Crippen molar-refractivity contribution in [3.8, 4) is 17.3 Å². The lowest BCUT2D eigenvalue weighted by Crippen LogP contribution is -2.56. The molecule has 0 aliphatic carbocycles. The molecule has 6 nitrogen and oxygen atoms in total. The normalized spacial score (nSPS) is 21.4. The lowest BCUT2D eigenvalue weighted by Gasteiger charge is -2.39. The van der Waals surface area contributed by atoms with E-state index in [-0.39, 0.29) is 11.9 Å². The Morgan fingerprint density at radius 3 is 2.73 bits per heavy atom. The van der Waals surface area contributed by atoms with Gasteiger partial charge in [0.25, 0.3) is 5.91 Å². The molecule has 156 valence electrons. The fourth-order valence-electron chi connectivity index (χ4n) is 4.04. The summed E-state index contributed by atoms with van der Waals surface area (Å²) in [5.74, 6) is -0.372. The van der Waals surface area contributed by atoms with Crippen molar-refractivity contribution in [1.29, 1.82) is 5.26 Å². The van der Waals surface area contributed by atoms with Gasteiger partial charge < -0.3 is 15.0 Å². The van der Waals surface area contributed by atoms with E-state index in [1.807, 2.05) is 42.5 Å². The number of hydrogen-bond donors (Lipinski definition) is 1. The molecule has 2 aromatic rings. The average molecular weight is 425 g/mol. The predicted molar refractivity (Wildman–Crippen MR) is 117 cm³/mol. The number of carbonyl (C=O) groups excluding carboxylic acids is 1. The highest BCUT2D eigenvalue weighted by Crippen LogP contribution is 2.36. The molecule has 1 fully saturated rings. The number of ether oxygens (including phenoxy) is 1. The molecule has 1 amide bonds. The molecule has 0 radical (unpaired) electrons. The second-order valence-electron chi connectivity index (χ2n) is 8.08. The number of alkyl halides is 1. The van der Waals surface area contributed by atoms with Gasteiger partial charge in [0.2, 0.25) is 5.06 Å². The molecule has 0 aromatic heterocycles. The lowest BCUT2D eigenvalue weighted by atomic mass is 9.96. The van der Waals surface area contributed by atoms with Crippen molar-refractivity contribution in [2.45, 2.75) is 38.0 Å². The Kier molecular flexibility index (Phi) is 5.70. The number of nitriles is 1. The summed E-state index contributed by atoms with van der Waals surface area (Å²) < 4.78 is 5.68. The van der Waals surface area contributed by atoms with Crippen molar-refractivity contribution in [3.05, 3.63) is 53.6 Å². The number of benzene rings is 2. The summed E-state index contributed by atoms with van der Waals surface area (Å²) in [6, 6.07) is 14.2. The van der Waals surface area contributed by atoms with Crippen LogP contribution in [-0.4, -0.2) is 46.5 Å². The second kappa shape index (κ2) is 8.27. The lowest BCUT2D eigenvalue weighted by molar-refractivity contribution is -0.140. The van der Waals surface area contributed by atoms with Gasteiger partial charge in [-0.05, 0) is 48.2 Å². The number of fused-ring (bicyclic) bond motifs is 1. The zero-order valence-electron chi connectivity index (χ0n) is 17.2. The van der Waals surface area contributed by atoms with Gasteiger partial charge in [-0.25, -0.2) is 0 Å². The van der Waals surface area contributed by atoms with Crippen LogP contribution in [0.25, 0.3) is 11.1 Å². The number of nitrogens with one attached hydrogen (secondary N) is 1. The van der Waals surface area contributed by atoms with E-state index in [1.165, 1.54) is 0 Å². The van der Waals surface area contributed by atoms with Crippen LogP contribution in [-0.2, 0) is 22.6 Å². The monoisotopic (exact) mass is 424 g/mol. The molecule has 0 bridgehead atoms. The summed E-state index contributed by atoms with van der Waals surface area (Å²) in [7, 11) is 0. The molecule has 2 aliphatic rings. The van der Waals surface area contributed by atoms with Crippen LogP contribution in [0.4, 0.5) is 5.69 Å². The first-order valence-electron chi connectivity index (χ1n) is 10.1. The molecule has 4 rings (SSSR count). The zero-order chi connectivity index (χ0) is 21.3. The SMILES string of the molecule is CC(C)N1CCOC(Cl)(C(=O)Nc2cc3c(c(-c4ccccc4)c2)CN(C#N)C3)C1. The third kappa shape index (κ3) is 4.01. The topological polar surface area (TPSA) is 68.6 Å². The molecule has 7 heteroatoms. The van der Waals surface area contributed by atoms with E-state index in [2.05, 4.69) is 30.3 Å². The number of anilines is 1. The summed E-state index contributed by atoms with van der Waals surface area (Å²) >= 11 is 6.61. The average Bonchev–Trinajstić information content (AvgIpc) is 3.17. The van der Waals surface area contributed by atoms with Crippen molar-refractivity contribution in [2.24, 2.45) is 0 Å². The fourth-order valence-corrected chi connectivity index (χ4v) is 4.32. The Hall–Kier alpha value is -2.59. The van der Waals surface area contributed by atoms with E-state index in [0.717, 1.165) is 28.8 Å². The van der Waals surface area contributed by atoms with Crippen molar-refractivity contribution >= 4 is 23.2 Å². The van der Waals surface area contributed by atoms with Crippen molar-refractivity contribution in [1.82, 2.24) is 9.80 Å².